The summed E-state index contributed by atoms with van der Waals surface area (Å²) in [5, 5.41) is 17.4. The summed E-state index contributed by atoms with van der Waals surface area (Å²) in [6.45, 7) is 2.63. The van der Waals surface area contributed by atoms with Crippen LogP contribution in [-0.2, 0) is 0 Å². The molecule has 2 N–H and O–H groups in total. The molecule has 0 aliphatic heterocycles. The monoisotopic (exact) mass is 481 g/mol. The molecule has 1 aromatic heterocycles. The van der Waals surface area contributed by atoms with Gasteiger partial charge in [-0.25, -0.2) is 0 Å². The predicted molar refractivity (Wildman–Crippen MR) is 142 cm³/mol. The van der Waals surface area contributed by atoms with E-state index in [4.69, 9.17) is 17.0 Å². The number of nitrogens with one attached hydrogen (secondary N) is 2. The lowest BCUT2D eigenvalue weighted by molar-refractivity contribution is 0.0977. The summed E-state index contributed by atoms with van der Waals surface area (Å²) in [4.78, 5) is 14.3. The number of ether oxygens (including phenoxy) is 1. The van der Waals surface area contributed by atoms with Crippen molar-refractivity contribution in [2.24, 2.45) is 0 Å². The van der Waals surface area contributed by atoms with E-state index in [0.29, 0.717) is 29.1 Å². The molecule has 0 bridgehead atoms. The smallest absolute Gasteiger partial charge is 0.257 e. The van der Waals surface area contributed by atoms with E-state index in [9.17, 15) is 4.79 Å². The van der Waals surface area contributed by atoms with Crippen molar-refractivity contribution in [2.75, 3.05) is 11.9 Å². The first-order valence-corrected chi connectivity index (χ1v) is 11.7. The molecule has 0 unspecified atom stereocenters. The molecule has 0 saturated carbocycles. The van der Waals surface area contributed by atoms with Crippen molar-refractivity contribution in [1.82, 2.24) is 20.3 Å². The minimum absolute atomic E-state index is 0.190. The summed E-state index contributed by atoms with van der Waals surface area (Å²) in [6, 6.07) is 26.8. The van der Waals surface area contributed by atoms with E-state index in [2.05, 4.69) is 39.0 Å². The number of benzene rings is 4. The number of amides is 1. The summed E-state index contributed by atoms with van der Waals surface area (Å²) < 4.78 is 5.60. The lowest BCUT2D eigenvalue weighted by atomic mass is 10.1. The topological polar surface area (TPSA) is 81.1 Å². The second-order valence-electron chi connectivity index (χ2n) is 7.98. The Morgan fingerprint density at radius 2 is 1.74 bits per heavy atom. The van der Waals surface area contributed by atoms with Gasteiger partial charge in [0, 0.05) is 16.6 Å². The first-order valence-electron chi connectivity index (χ1n) is 11.3. The summed E-state index contributed by atoms with van der Waals surface area (Å²) in [5.74, 6) is 0.338. The van der Waals surface area contributed by atoms with E-state index >= 15 is 0 Å². The first kappa shape index (κ1) is 22.5. The summed E-state index contributed by atoms with van der Waals surface area (Å²) in [7, 11) is 0. The normalized spacial score (nSPS) is 10.9. The fourth-order valence-electron chi connectivity index (χ4n) is 3.77. The minimum Gasteiger partial charge on any atom is -0.494 e. The van der Waals surface area contributed by atoms with Gasteiger partial charge >= 0.3 is 0 Å². The third-order valence-corrected chi connectivity index (χ3v) is 5.62. The lowest BCUT2D eigenvalue weighted by Crippen LogP contribution is -2.34. The standard InChI is InChI=1S/C27H23N5O2S/c1-2-15-34-21-10-5-9-19(16-21)26(33)29-27(35)28-20-13-14-23-24(17-20)31-32(30-23)25-12-6-8-18-7-3-4-11-22(18)25/h3-14,16-17H,2,15H2,1H3,(H2,28,29,33,35). The number of fused-ring (bicyclic) bond motifs is 2. The Bertz CT molecular complexity index is 1540. The Balaban J connectivity index is 1.31. The molecule has 5 aromatic rings. The van der Waals surface area contributed by atoms with Crippen molar-refractivity contribution < 1.29 is 9.53 Å². The second kappa shape index (κ2) is 9.90. The van der Waals surface area contributed by atoms with E-state index in [1.54, 1.807) is 23.0 Å². The number of thiocarbonyl (C=S) groups is 1. The second-order valence-corrected chi connectivity index (χ2v) is 8.38. The molecule has 0 aliphatic rings. The number of rotatable bonds is 6. The van der Waals surface area contributed by atoms with Crippen LogP contribution in [0.15, 0.2) is 84.9 Å². The van der Waals surface area contributed by atoms with Gasteiger partial charge in [0.15, 0.2) is 5.11 Å². The molecule has 1 amide bonds. The Kier molecular flexibility index (Phi) is 6.36. The predicted octanol–water partition coefficient (Wildman–Crippen LogP) is 5.49. The highest BCUT2D eigenvalue weighted by Crippen LogP contribution is 2.23. The van der Waals surface area contributed by atoms with E-state index in [-0.39, 0.29) is 11.0 Å². The van der Waals surface area contributed by atoms with Crippen LogP contribution in [0.1, 0.15) is 23.7 Å². The molecule has 0 saturated heterocycles. The first-order chi connectivity index (χ1) is 17.1. The van der Waals surface area contributed by atoms with Gasteiger partial charge in [-0.15, -0.1) is 15.0 Å². The Morgan fingerprint density at radius 3 is 2.63 bits per heavy atom. The van der Waals surface area contributed by atoms with E-state index in [1.807, 2.05) is 55.5 Å². The average molecular weight is 482 g/mol. The van der Waals surface area contributed by atoms with Crippen LogP contribution in [-0.4, -0.2) is 32.6 Å². The molecule has 4 aromatic carbocycles. The molecular formula is C27H23N5O2S. The van der Waals surface area contributed by atoms with Crippen molar-refractivity contribution in [1.29, 1.82) is 0 Å². The van der Waals surface area contributed by atoms with Gasteiger partial charge in [-0.3, -0.25) is 10.1 Å². The molecular weight excluding hydrogens is 458 g/mol. The van der Waals surface area contributed by atoms with Gasteiger partial charge in [-0.1, -0.05) is 49.4 Å². The average Bonchev–Trinajstić information content (AvgIpc) is 3.30. The fraction of sp³-hybridized carbons (Fsp3) is 0.111. The Hall–Kier alpha value is -4.30. The van der Waals surface area contributed by atoms with Crippen molar-refractivity contribution in [3.8, 4) is 11.4 Å². The SMILES string of the molecule is CCCOc1cccc(C(=O)NC(=S)Nc2ccc3nn(-c4cccc5ccccc45)nc3c2)c1. The van der Waals surface area contributed by atoms with Crippen LogP contribution in [0, 0.1) is 0 Å². The summed E-state index contributed by atoms with van der Waals surface area (Å²) in [6.07, 6.45) is 0.893. The van der Waals surface area contributed by atoms with Crippen molar-refractivity contribution >= 4 is 50.7 Å². The number of hydrogen-bond donors (Lipinski definition) is 2. The molecule has 35 heavy (non-hydrogen) atoms. The highest BCUT2D eigenvalue weighted by atomic mass is 32.1. The van der Waals surface area contributed by atoms with Crippen molar-refractivity contribution in [3.63, 3.8) is 0 Å². The van der Waals surface area contributed by atoms with Crippen molar-refractivity contribution in [3.05, 3.63) is 90.5 Å². The van der Waals surface area contributed by atoms with E-state index in [0.717, 1.165) is 28.4 Å². The molecule has 5 rings (SSSR count). The molecule has 0 fully saturated rings. The van der Waals surface area contributed by atoms with Crippen LogP contribution in [0.5, 0.6) is 5.75 Å². The zero-order chi connectivity index (χ0) is 24.2. The van der Waals surface area contributed by atoms with Crippen LogP contribution in [0.4, 0.5) is 5.69 Å². The maximum Gasteiger partial charge on any atom is 0.257 e. The van der Waals surface area contributed by atoms with Crippen LogP contribution in [0.25, 0.3) is 27.5 Å². The highest BCUT2D eigenvalue weighted by molar-refractivity contribution is 7.80. The van der Waals surface area contributed by atoms with Gasteiger partial charge in [-0.2, -0.15) is 0 Å². The zero-order valence-corrected chi connectivity index (χ0v) is 19.9. The Morgan fingerprint density at radius 1 is 0.943 bits per heavy atom. The van der Waals surface area contributed by atoms with Gasteiger partial charge in [0.1, 0.15) is 16.8 Å². The summed E-state index contributed by atoms with van der Waals surface area (Å²) in [5.41, 5.74) is 3.53. The summed E-state index contributed by atoms with van der Waals surface area (Å²) >= 11 is 5.36. The molecule has 0 atom stereocenters. The van der Waals surface area contributed by atoms with E-state index < -0.39 is 0 Å². The minimum atomic E-state index is -0.313. The fourth-order valence-corrected chi connectivity index (χ4v) is 3.98. The van der Waals surface area contributed by atoms with Gasteiger partial charge in [-0.05, 0) is 66.5 Å². The molecule has 8 heteroatoms. The maximum absolute atomic E-state index is 12.6. The maximum atomic E-state index is 12.6. The van der Waals surface area contributed by atoms with Gasteiger partial charge in [0.25, 0.3) is 5.91 Å². The number of hydrogen-bond acceptors (Lipinski definition) is 5. The highest BCUT2D eigenvalue weighted by Gasteiger charge is 2.11. The molecule has 0 spiro atoms. The third-order valence-electron chi connectivity index (χ3n) is 5.42. The van der Waals surface area contributed by atoms with Crippen LogP contribution in [0.2, 0.25) is 0 Å². The molecule has 1 heterocycles. The van der Waals surface area contributed by atoms with Crippen LogP contribution in [0.3, 0.4) is 0 Å². The van der Waals surface area contributed by atoms with Gasteiger partial charge in [0.2, 0.25) is 0 Å². The number of aromatic nitrogens is 3. The van der Waals surface area contributed by atoms with Gasteiger partial charge < -0.3 is 10.1 Å². The van der Waals surface area contributed by atoms with Gasteiger partial charge in [0.05, 0.1) is 12.3 Å². The largest absolute Gasteiger partial charge is 0.494 e. The quantitative estimate of drug-likeness (QED) is 0.312. The van der Waals surface area contributed by atoms with Crippen molar-refractivity contribution in [2.45, 2.75) is 13.3 Å². The molecule has 174 valence electrons. The number of anilines is 1. The molecule has 0 aliphatic carbocycles. The van der Waals surface area contributed by atoms with E-state index in [1.165, 1.54) is 0 Å². The third kappa shape index (κ3) is 4.97. The molecule has 7 nitrogen and oxygen atoms in total. The van der Waals surface area contributed by atoms with Crippen LogP contribution < -0.4 is 15.4 Å². The van der Waals surface area contributed by atoms with Crippen LogP contribution >= 0.6 is 12.2 Å². The number of carbonyl (C=O) groups excluding carboxylic acids is 1. The number of nitrogens with zero attached hydrogens (tertiary/aromatic N) is 3. The Labute approximate surface area is 207 Å². The molecule has 0 radical (unpaired) electrons. The lowest BCUT2D eigenvalue weighted by Gasteiger charge is -2.10. The number of carbonyl (C=O) groups is 1. The zero-order valence-electron chi connectivity index (χ0n) is 19.1.